The summed E-state index contributed by atoms with van der Waals surface area (Å²) >= 11 is 0. The van der Waals surface area contributed by atoms with Gasteiger partial charge >= 0.3 is 17.9 Å². The number of aliphatic hydroxyl groups excluding tert-OH is 3. The van der Waals surface area contributed by atoms with E-state index in [1.165, 1.54) is 27.9 Å². The summed E-state index contributed by atoms with van der Waals surface area (Å²) in [4.78, 5) is 48.0. The Bertz CT molecular complexity index is 1350. The lowest BCUT2D eigenvalue weighted by Crippen LogP contribution is -2.61. The number of carboxylic acids is 2. The highest BCUT2D eigenvalue weighted by atomic mass is 16.7. The molecule has 0 aromatic heterocycles. The Morgan fingerprint density at radius 3 is 1.91 bits per heavy atom. The first-order valence-corrected chi connectivity index (χ1v) is 19.6. The van der Waals surface area contributed by atoms with Crippen LogP contribution in [0.1, 0.15) is 94.9 Å². The quantitative estimate of drug-likeness (QED) is 0.139. The fraction of sp³-hybridized carbons (Fsp3) is 0.897. The maximum atomic E-state index is 14.1. The Morgan fingerprint density at radius 2 is 1.42 bits per heavy atom. The Morgan fingerprint density at radius 1 is 0.860 bits per heavy atom. The van der Waals surface area contributed by atoms with Crippen molar-refractivity contribution >= 4 is 23.7 Å². The lowest BCUT2D eigenvalue weighted by Gasteiger charge is -2.49. The van der Waals surface area contributed by atoms with Gasteiger partial charge in [-0.05, 0) is 74.9 Å². The normalized spacial score (nSPS) is 45.3. The second-order valence-corrected chi connectivity index (χ2v) is 17.1. The fourth-order valence-electron chi connectivity index (χ4n) is 8.41. The summed E-state index contributed by atoms with van der Waals surface area (Å²) in [6.07, 6.45) is -9.71. The van der Waals surface area contributed by atoms with Crippen molar-refractivity contribution < 1.29 is 83.3 Å². The summed E-state index contributed by atoms with van der Waals surface area (Å²) in [5.74, 6) is -8.62. The van der Waals surface area contributed by atoms with E-state index in [0.29, 0.717) is 6.42 Å². The van der Waals surface area contributed by atoms with Crippen LogP contribution in [0.15, 0.2) is 0 Å². The van der Waals surface area contributed by atoms with E-state index < -0.39 is 119 Å². The van der Waals surface area contributed by atoms with Crippen LogP contribution in [0.3, 0.4) is 0 Å². The molecule has 3 fully saturated rings. The van der Waals surface area contributed by atoms with Gasteiger partial charge < -0.3 is 69.1 Å². The van der Waals surface area contributed by atoms with Crippen molar-refractivity contribution in [2.75, 3.05) is 21.2 Å². The van der Waals surface area contributed by atoms with E-state index in [-0.39, 0.29) is 31.4 Å². The lowest BCUT2D eigenvalue weighted by molar-refractivity contribution is -0.318. The number of likely N-dealkylation sites (N-methyl/N-ethyl adjacent to an activating group) is 1. The third kappa shape index (κ3) is 12.1. The standard InChI is InChI=1S/C37H67NO13.C2H2O4/c1-14-25-37(10,45)30(41)20(4)27(39)18(2)16-35(8,44)32(51-34-28(40)24(38(11)12)15-19(3)47-34)21(5)29(22(6)33(43)49-25)50-26-17-36(9,46-13)31(42)23(7)48-26;3-1(4)2(5)6/h18-26,28-32,34,40-42,44-45H,14-17H2,1-13H3;(H,3,4)(H,5,6)/t18-,19-,20+,21-,22-,23+,24+,25-,26+,28-,29+,30+,31+,32-,34+,35-,36-,37-;/m1./s1. The monoisotopic (exact) mass is 823 g/mol. The predicted molar refractivity (Wildman–Crippen MR) is 202 cm³/mol. The Hall–Kier alpha value is -2.36. The van der Waals surface area contributed by atoms with Gasteiger partial charge in [-0.15, -0.1) is 0 Å². The first-order chi connectivity index (χ1) is 26.1. The number of carbonyl (C=O) groups is 4. The van der Waals surface area contributed by atoms with E-state index in [4.69, 9.17) is 48.2 Å². The van der Waals surface area contributed by atoms with Crippen molar-refractivity contribution in [3.8, 4) is 0 Å². The highest BCUT2D eigenvalue weighted by molar-refractivity contribution is 6.27. The van der Waals surface area contributed by atoms with Crippen molar-refractivity contribution in [3.63, 3.8) is 0 Å². The zero-order valence-electron chi connectivity index (χ0n) is 35.6. The van der Waals surface area contributed by atoms with E-state index in [0.717, 1.165) is 0 Å². The number of rotatable bonds is 7. The molecule has 0 aromatic rings. The number of esters is 1. The van der Waals surface area contributed by atoms with Crippen LogP contribution >= 0.6 is 0 Å². The fourth-order valence-corrected chi connectivity index (χ4v) is 8.41. The molecular formula is C39H69NO17. The van der Waals surface area contributed by atoms with Crippen LogP contribution < -0.4 is 0 Å². The number of ketones is 1. The van der Waals surface area contributed by atoms with Crippen LogP contribution in [0.25, 0.3) is 0 Å². The average molecular weight is 824 g/mol. The van der Waals surface area contributed by atoms with Gasteiger partial charge in [0.2, 0.25) is 0 Å². The molecule has 332 valence electrons. The smallest absolute Gasteiger partial charge is 0.414 e. The molecule has 57 heavy (non-hydrogen) atoms. The average Bonchev–Trinajstić information content (AvgIpc) is 3.12. The number of nitrogens with zero attached hydrogens (tertiary/aromatic N) is 1. The van der Waals surface area contributed by atoms with Crippen LogP contribution in [0.2, 0.25) is 0 Å². The molecular weight excluding hydrogens is 754 g/mol. The van der Waals surface area contributed by atoms with Crippen molar-refractivity contribution in [1.82, 2.24) is 4.90 Å². The number of carbonyl (C=O) groups excluding carboxylic acids is 2. The Labute approximate surface area is 335 Å². The lowest BCUT2D eigenvalue weighted by atomic mass is 9.74. The Balaban J connectivity index is 0.00000173. The number of Topliss-reactive ketones (excluding diaryl/α,β-unsaturated/α-hetero) is 1. The van der Waals surface area contributed by atoms with Crippen molar-refractivity contribution in [1.29, 1.82) is 0 Å². The highest BCUT2D eigenvalue weighted by Crippen LogP contribution is 2.40. The first-order valence-electron chi connectivity index (χ1n) is 19.6. The van der Waals surface area contributed by atoms with Crippen molar-refractivity contribution in [3.05, 3.63) is 0 Å². The number of ether oxygens (including phenoxy) is 6. The zero-order valence-corrected chi connectivity index (χ0v) is 35.6. The number of aliphatic hydroxyl groups is 5. The van der Waals surface area contributed by atoms with E-state index in [1.54, 1.807) is 41.5 Å². The summed E-state index contributed by atoms with van der Waals surface area (Å²) in [6.45, 7) is 16.3. The molecule has 0 spiro atoms. The van der Waals surface area contributed by atoms with Gasteiger partial charge in [0.1, 0.15) is 29.7 Å². The van der Waals surface area contributed by atoms with Gasteiger partial charge in [-0.25, -0.2) is 9.59 Å². The van der Waals surface area contributed by atoms with Crippen LogP contribution in [-0.2, 0) is 47.6 Å². The minimum atomic E-state index is -1.99. The van der Waals surface area contributed by atoms with E-state index in [9.17, 15) is 35.1 Å². The SMILES string of the molecule is CC[C@H]1OC(=O)[C@H](C)[C@@H](O[C@H]2C[C@@](C)(OC)[C@@H](O)[C@H](C)O2)[C@@H](C)[C@@H](O[C@@H]2O[C@H](C)C[C@H](N(C)C)[C@H]2O)[C@](C)(O)C[C@@H](C)C(=O)[C@H](C)[C@H](O)[C@]1(C)O.O=C(O)C(=O)O. The maximum absolute atomic E-state index is 14.1. The molecule has 0 radical (unpaired) electrons. The van der Waals surface area contributed by atoms with Crippen LogP contribution in [-0.4, -0.2) is 170 Å². The van der Waals surface area contributed by atoms with Gasteiger partial charge in [0.15, 0.2) is 12.6 Å². The zero-order chi connectivity index (χ0) is 44.1. The van der Waals surface area contributed by atoms with E-state index in [2.05, 4.69) is 0 Å². The molecule has 0 aliphatic carbocycles. The number of cyclic esters (lactones) is 1. The van der Waals surface area contributed by atoms with E-state index in [1.807, 2.05) is 25.9 Å². The summed E-state index contributed by atoms with van der Waals surface area (Å²) in [7, 11) is 5.18. The van der Waals surface area contributed by atoms with Crippen molar-refractivity contribution in [2.24, 2.45) is 23.7 Å². The molecule has 0 amide bonds. The maximum Gasteiger partial charge on any atom is 0.414 e. The number of hydrogen-bond acceptors (Lipinski definition) is 16. The second-order valence-electron chi connectivity index (χ2n) is 17.1. The third-order valence-electron chi connectivity index (χ3n) is 12.0. The summed E-state index contributed by atoms with van der Waals surface area (Å²) in [6, 6.07) is -0.324. The number of methoxy groups -OCH3 is 1. The molecule has 0 bridgehead atoms. The molecule has 3 saturated heterocycles. The number of hydrogen-bond donors (Lipinski definition) is 7. The summed E-state index contributed by atoms with van der Waals surface area (Å²) in [5.41, 5.74) is -4.84. The van der Waals surface area contributed by atoms with Crippen LogP contribution in [0, 0.1) is 23.7 Å². The molecule has 3 aliphatic rings. The molecule has 3 heterocycles. The van der Waals surface area contributed by atoms with Gasteiger partial charge in [0, 0.05) is 37.3 Å². The first kappa shape index (κ1) is 50.8. The third-order valence-corrected chi connectivity index (χ3v) is 12.0. The minimum absolute atomic E-state index is 0.0936. The van der Waals surface area contributed by atoms with Gasteiger partial charge in [-0.3, -0.25) is 9.59 Å². The Kier molecular flexibility index (Phi) is 18.1. The van der Waals surface area contributed by atoms with Gasteiger partial charge in [-0.2, -0.15) is 0 Å². The van der Waals surface area contributed by atoms with Gasteiger partial charge in [0.05, 0.1) is 47.6 Å². The molecule has 3 rings (SSSR count). The molecule has 0 unspecified atom stereocenters. The van der Waals surface area contributed by atoms with E-state index >= 15 is 0 Å². The molecule has 18 heteroatoms. The van der Waals surface area contributed by atoms with Gasteiger partial charge in [-0.1, -0.05) is 27.7 Å². The molecule has 0 saturated carbocycles. The highest BCUT2D eigenvalue weighted by Gasteiger charge is 2.53. The second kappa shape index (κ2) is 20.3. The molecule has 18 nitrogen and oxygen atoms in total. The van der Waals surface area contributed by atoms with Gasteiger partial charge in [0.25, 0.3) is 0 Å². The topological polar surface area (TPSA) is 269 Å². The summed E-state index contributed by atoms with van der Waals surface area (Å²) in [5, 5.41) is 72.4. The predicted octanol–water partition coefficient (Wildman–Crippen LogP) is 0.941. The van der Waals surface area contributed by atoms with Crippen LogP contribution in [0.5, 0.6) is 0 Å². The molecule has 0 aromatic carbocycles. The molecule has 7 N–H and O–H groups in total. The van der Waals surface area contributed by atoms with Crippen molar-refractivity contribution in [2.45, 2.75) is 179 Å². The number of carboxylic acid groups (broad SMARTS) is 2. The minimum Gasteiger partial charge on any atom is -0.473 e. The molecule has 3 aliphatic heterocycles. The molecule has 18 atom stereocenters. The summed E-state index contributed by atoms with van der Waals surface area (Å²) < 4.78 is 37.1. The largest absolute Gasteiger partial charge is 0.473 e. The number of aliphatic carboxylic acids is 2. The van der Waals surface area contributed by atoms with Crippen LogP contribution in [0.4, 0.5) is 0 Å².